The summed E-state index contributed by atoms with van der Waals surface area (Å²) in [6.45, 7) is 4.55. The van der Waals surface area contributed by atoms with Gasteiger partial charge in [-0.1, -0.05) is 0 Å². The molecule has 2 N–H and O–H groups in total. The normalized spacial score (nSPS) is 36.0. The van der Waals surface area contributed by atoms with Crippen LogP contribution in [0.1, 0.15) is 16.9 Å². The minimum atomic E-state index is 0.467. The lowest BCUT2D eigenvalue weighted by molar-refractivity contribution is 0.208. The smallest absolute Gasteiger partial charge is 0.0257 e. The zero-order chi connectivity index (χ0) is 9.71. The zero-order valence-electron chi connectivity index (χ0n) is 8.44. The van der Waals surface area contributed by atoms with Gasteiger partial charge in [-0.05, 0) is 36.3 Å². The van der Waals surface area contributed by atoms with E-state index in [1.165, 1.54) is 23.4 Å². The van der Waals surface area contributed by atoms with E-state index in [1.807, 2.05) is 11.3 Å². The van der Waals surface area contributed by atoms with Crippen molar-refractivity contribution in [2.75, 3.05) is 6.54 Å². The SMILES string of the molecule is Cc1sccc1CN1CC2CC1C2N. The van der Waals surface area contributed by atoms with E-state index in [9.17, 15) is 0 Å². The Morgan fingerprint density at radius 1 is 1.64 bits per heavy atom. The second-order valence-electron chi connectivity index (χ2n) is 4.57. The van der Waals surface area contributed by atoms with Crippen LogP contribution in [0.4, 0.5) is 0 Å². The second kappa shape index (κ2) is 3.05. The first-order valence-electron chi connectivity index (χ1n) is 5.28. The standard InChI is InChI=1S/C11H16N2S/c1-7-8(2-3-14-7)5-13-6-9-4-10(13)11(9)12/h2-3,9-11H,4-6,12H2,1H3. The Morgan fingerprint density at radius 2 is 2.50 bits per heavy atom. The third kappa shape index (κ3) is 1.16. The monoisotopic (exact) mass is 208 g/mol. The van der Waals surface area contributed by atoms with Gasteiger partial charge >= 0.3 is 0 Å². The Bertz CT molecular complexity index is 347. The van der Waals surface area contributed by atoms with Crippen LogP contribution in [0.2, 0.25) is 0 Å². The molecule has 3 atom stereocenters. The van der Waals surface area contributed by atoms with E-state index in [0.29, 0.717) is 12.1 Å². The van der Waals surface area contributed by atoms with Crippen LogP contribution in [0.3, 0.4) is 0 Å². The minimum absolute atomic E-state index is 0.467. The maximum absolute atomic E-state index is 6.05. The first kappa shape index (κ1) is 8.89. The van der Waals surface area contributed by atoms with Gasteiger partial charge in [0.05, 0.1) is 0 Å². The van der Waals surface area contributed by atoms with E-state index < -0.39 is 0 Å². The average molecular weight is 208 g/mol. The predicted molar refractivity (Wildman–Crippen MR) is 59.3 cm³/mol. The van der Waals surface area contributed by atoms with Crippen molar-refractivity contribution < 1.29 is 0 Å². The van der Waals surface area contributed by atoms with Crippen LogP contribution in [-0.4, -0.2) is 23.5 Å². The fraction of sp³-hybridized carbons (Fsp3) is 0.636. The minimum Gasteiger partial charge on any atom is -0.326 e. The number of aryl methyl sites for hydroxylation is 1. The molecule has 1 saturated carbocycles. The molecule has 76 valence electrons. The lowest BCUT2D eigenvalue weighted by Crippen LogP contribution is -2.49. The predicted octanol–water partition coefficient (Wildman–Crippen LogP) is 1.59. The molecule has 2 aliphatic heterocycles. The summed E-state index contributed by atoms with van der Waals surface area (Å²) < 4.78 is 0. The highest BCUT2D eigenvalue weighted by Crippen LogP contribution is 2.40. The molecule has 1 aliphatic carbocycles. The fourth-order valence-corrected chi connectivity index (χ4v) is 3.46. The number of hydrogen-bond donors (Lipinski definition) is 1. The van der Waals surface area contributed by atoms with Gasteiger partial charge in [-0.3, -0.25) is 4.90 Å². The van der Waals surface area contributed by atoms with E-state index in [0.717, 1.165) is 12.5 Å². The van der Waals surface area contributed by atoms with Crippen LogP contribution in [0, 0.1) is 12.8 Å². The Morgan fingerprint density at radius 3 is 3.00 bits per heavy atom. The Kier molecular flexibility index (Phi) is 1.94. The summed E-state index contributed by atoms with van der Waals surface area (Å²) in [5.41, 5.74) is 7.54. The molecule has 3 aliphatic rings. The van der Waals surface area contributed by atoms with Gasteiger partial charge in [-0.25, -0.2) is 0 Å². The van der Waals surface area contributed by atoms with Crippen LogP contribution in [-0.2, 0) is 6.54 Å². The summed E-state index contributed by atoms with van der Waals surface area (Å²) in [6, 6.07) is 3.40. The molecule has 3 fully saturated rings. The van der Waals surface area contributed by atoms with Gasteiger partial charge in [-0.2, -0.15) is 0 Å². The van der Waals surface area contributed by atoms with Crippen molar-refractivity contribution in [3.05, 3.63) is 21.9 Å². The first-order valence-corrected chi connectivity index (χ1v) is 6.16. The number of fused-ring (bicyclic) bond motifs is 1. The maximum Gasteiger partial charge on any atom is 0.0257 e. The molecule has 14 heavy (non-hydrogen) atoms. The van der Waals surface area contributed by atoms with Crippen molar-refractivity contribution in [2.24, 2.45) is 11.7 Å². The summed E-state index contributed by atoms with van der Waals surface area (Å²) in [4.78, 5) is 4.02. The van der Waals surface area contributed by atoms with Crippen LogP contribution in [0.5, 0.6) is 0 Å². The number of rotatable bonds is 2. The molecule has 0 amide bonds. The molecule has 0 radical (unpaired) electrons. The Hall–Kier alpha value is -0.380. The average Bonchev–Trinajstić information content (AvgIpc) is 2.81. The molecule has 3 heterocycles. The van der Waals surface area contributed by atoms with Gasteiger partial charge in [0.15, 0.2) is 0 Å². The summed E-state index contributed by atoms with van der Waals surface area (Å²) in [5, 5.41) is 2.19. The highest BCUT2D eigenvalue weighted by molar-refractivity contribution is 7.10. The molecule has 1 aromatic heterocycles. The van der Waals surface area contributed by atoms with Crippen molar-refractivity contribution in [1.82, 2.24) is 4.90 Å². The summed E-state index contributed by atoms with van der Waals surface area (Å²) in [7, 11) is 0. The van der Waals surface area contributed by atoms with Gasteiger partial charge in [0.2, 0.25) is 0 Å². The van der Waals surface area contributed by atoms with Crippen LogP contribution < -0.4 is 5.73 Å². The molecular weight excluding hydrogens is 192 g/mol. The van der Waals surface area contributed by atoms with Crippen molar-refractivity contribution in [3.8, 4) is 0 Å². The topological polar surface area (TPSA) is 29.3 Å². The molecule has 2 bridgehead atoms. The van der Waals surface area contributed by atoms with E-state index in [2.05, 4.69) is 23.3 Å². The molecular formula is C11H16N2S. The third-order valence-corrected chi connectivity index (χ3v) is 4.70. The maximum atomic E-state index is 6.05. The number of nitrogens with two attached hydrogens (primary N) is 1. The van der Waals surface area contributed by atoms with E-state index in [1.54, 1.807) is 0 Å². The molecule has 4 rings (SSSR count). The van der Waals surface area contributed by atoms with Crippen molar-refractivity contribution >= 4 is 11.3 Å². The molecule has 2 nitrogen and oxygen atoms in total. The molecule has 3 heteroatoms. The highest BCUT2D eigenvalue weighted by atomic mass is 32.1. The van der Waals surface area contributed by atoms with Crippen molar-refractivity contribution in [1.29, 1.82) is 0 Å². The zero-order valence-corrected chi connectivity index (χ0v) is 9.26. The Labute approximate surface area is 88.7 Å². The largest absolute Gasteiger partial charge is 0.326 e. The Balaban J connectivity index is 1.72. The number of thiophene rings is 1. The lowest BCUT2D eigenvalue weighted by atomic mass is 9.81. The van der Waals surface area contributed by atoms with E-state index in [4.69, 9.17) is 5.73 Å². The van der Waals surface area contributed by atoms with Gasteiger partial charge in [0.25, 0.3) is 0 Å². The summed E-state index contributed by atoms with van der Waals surface area (Å²) in [5.74, 6) is 0.791. The molecule has 3 unspecified atom stereocenters. The summed E-state index contributed by atoms with van der Waals surface area (Å²) in [6.07, 6.45) is 1.34. The van der Waals surface area contributed by atoms with Gasteiger partial charge < -0.3 is 5.73 Å². The van der Waals surface area contributed by atoms with Gasteiger partial charge in [-0.15, -0.1) is 11.3 Å². The number of hydrogen-bond acceptors (Lipinski definition) is 3. The third-order valence-electron chi connectivity index (χ3n) is 3.81. The second-order valence-corrected chi connectivity index (χ2v) is 5.69. The lowest BCUT2D eigenvalue weighted by Gasteiger charge is -2.33. The molecule has 1 aromatic rings. The van der Waals surface area contributed by atoms with Crippen molar-refractivity contribution in [2.45, 2.75) is 32.0 Å². The molecule has 0 spiro atoms. The fourth-order valence-electron chi connectivity index (χ4n) is 2.74. The van der Waals surface area contributed by atoms with Gasteiger partial charge in [0, 0.05) is 30.1 Å². The molecule has 0 aromatic carbocycles. The number of nitrogens with zero attached hydrogens (tertiary/aromatic N) is 1. The van der Waals surface area contributed by atoms with Crippen molar-refractivity contribution in [3.63, 3.8) is 0 Å². The quantitative estimate of drug-likeness (QED) is 0.799. The van der Waals surface area contributed by atoms with Crippen LogP contribution in [0.15, 0.2) is 11.4 Å². The van der Waals surface area contributed by atoms with Crippen LogP contribution >= 0.6 is 11.3 Å². The highest BCUT2D eigenvalue weighted by Gasteiger charge is 2.49. The first-order chi connectivity index (χ1) is 6.75. The van der Waals surface area contributed by atoms with Crippen LogP contribution in [0.25, 0.3) is 0 Å². The molecule has 2 saturated heterocycles. The van der Waals surface area contributed by atoms with E-state index >= 15 is 0 Å². The summed E-state index contributed by atoms with van der Waals surface area (Å²) >= 11 is 1.85. The van der Waals surface area contributed by atoms with Gasteiger partial charge in [0.1, 0.15) is 0 Å². The van der Waals surface area contributed by atoms with E-state index in [-0.39, 0.29) is 0 Å².